The van der Waals surface area contributed by atoms with Crippen molar-refractivity contribution in [3.8, 4) is 11.5 Å². The van der Waals surface area contributed by atoms with Crippen LogP contribution >= 0.6 is 55.9 Å². The van der Waals surface area contributed by atoms with Crippen molar-refractivity contribution in [2.75, 3.05) is 10.2 Å². The lowest BCUT2D eigenvalue weighted by atomic mass is 10.1. The zero-order valence-corrected chi connectivity index (χ0v) is 27.8. The maximum Gasteiger partial charge on any atom is 0.416 e. The number of benzene rings is 4. The Morgan fingerprint density at radius 2 is 1.65 bits per heavy atom. The van der Waals surface area contributed by atoms with Crippen LogP contribution in [0.3, 0.4) is 0 Å². The van der Waals surface area contributed by atoms with Gasteiger partial charge < -0.3 is 10.1 Å². The molecule has 5 aromatic rings. The number of anilines is 2. The first-order chi connectivity index (χ1) is 21.8. The van der Waals surface area contributed by atoms with Crippen LogP contribution in [-0.2, 0) is 6.18 Å². The van der Waals surface area contributed by atoms with E-state index in [4.69, 9.17) is 16.3 Å². The van der Waals surface area contributed by atoms with E-state index in [-0.39, 0.29) is 67.0 Å². The minimum absolute atomic E-state index is 0.0149. The summed E-state index contributed by atoms with van der Waals surface area (Å²) >= 11 is 11.7. The Morgan fingerprint density at radius 3 is 2.28 bits per heavy atom. The molecule has 3 amide bonds. The van der Waals surface area contributed by atoms with Crippen molar-refractivity contribution in [2.24, 2.45) is 0 Å². The van der Waals surface area contributed by atoms with Crippen LogP contribution in [0.25, 0.3) is 10.9 Å². The van der Waals surface area contributed by atoms with Crippen molar-refractivity contribution >= 4 is 96.1 Å². The third kappa shape index (κ3) is 5.73. The predicted molar refractivity (Wildman–Crippen MR) is 174 cm³/mol. The Bertz CT molecular complexity index is 2100. The second kappa shape index (κ2) is 12.2. The molecule has 1 atom stereocenters. The molecule has 1 N–H and O–H groups in total. The Kier molecular flexibility index (Phi) is 8.54. The number of nitrogens with one attached hydrogen (secondary N) is 1. The largest absolute Gasteiger partial charge is 0.453 e. The van der Waals surface area contributed by atoms with E-state index in [9.17, 15) is 36.3 Å². The van der Waals surface area contributed by atoms with E-state index < -0.39 is 46.7 Å². The van der Waals surface area contributed by atoms with Gasteiger partial charge in [-0.25, -0.2) is 18.1 Å². The molecule has 0 bridgehead atoms. The molecule has 1 aliphatic heterocycles. The van der Waals surface area contributed by atoms with Crippen molar-refractivity contribution in [2.45, 2.75) is 6.18 Å². The van der Waals surface area contributed by atoms with Crippen molar-refractivity contribution in [1.82, 2.24) is 9.55 Å². The summed E-state index contributed by atoms with van der Waals surface area (Å²) in [6, 6.07) is 12.0. The molecule has 0 radical (unpaired) electrons. The number of aromatic nitrogens is 2. The quantitative estimate of drug-likeness (QED) is 0.0796. The number of ether oxygens (including phenoxy) is 1. The highest BCUT2D eigenvalue weighted by atomic mass is 127. The number of fused-ring (bicyclic) bond motifs is 2. The van der Waals surface area contributed by atoms with E-state index in [0.717, 1.165) is 17.0 Å². The minimum atomic E-state index is -4.95. The molecule has 1 unspecified atom stereocenters. The summed E-state index contributed by atoms with van der Waals surface area (Å²) in [6.07, 6.45) is -5.05. The Hall–Kier alpha value is -3.66. The number of amides is 3. The topological polar surface area (TPSA) is 93.5 Å². The molecule has 0 fully saturated rings. The molecule has 234 valence electrons. The van der Waals surface area contributed by atoms with Crippen molar-refractivity contribution < 1.29 is 41.1 Å². The van der Waals surface area contributed by atoms with Crippen molar-refractivity contribution in [1.29, 1.82) is 0 Å². The average molecular weight is 850 g/mol. The summed E-state index contributed by atoms with van der Waals surface area (Å²) in [5.41, 5.74) is -1.80. The molecule has 8 nitrogen and oxygen atoms in total. The van der Waals surface area contributed by atoms with Gasteiger partial charge in [0.2, 0.25) is 0 Å². The number of carbonyl (C=O) groups excluding carboxylic acids is 3. The lowest BCUT2D eigenvalue weighted by molar-refractivity contribution is -0.137. The molecule has 46 heavy (non-hydrogen) atoms. The van der Waals surface area contributed by atoms with Gasteiger partial charge in [0.05, 0.1) is 44.7 Å². The highest BCUT2D eigenvalue weighted by molar-refractivity contribution is 14.2. The fraction of sp³-hybridized carbons (Fsp3) is 0.0345. The van der Waals surface area contributed by atoms with Crippen LogP contribution in [0.1, 0.15) is 36.6 Å². The van der Waals surface area contributed by atoms with Crippen LogP contribution in [-0.4, -0.2) is 27.3 Å². The molecular weight excluding hydrogens is 837 g/mol. The zero-order chi connectivity index (χ0) is 33.1. The number of nitrogens with zero attached hydrogens (tertiary/aromatic N) is 3. The van der Waals surface area contributed by atoms with Gasteiger partial charge in [-0.2, -0.15) is 13.2 Å². The monoisotopic (exact) mass is 848 g/mol. The maximum absolute atomic E-state index is 14.3. The first-order valence-corrected chi connectivity index (χ1v) is 17.9. The molecule has 1 aromatic heterocycles. The molecule has 0 spiro atoms. The fourth-order valence-electron chi connectivity index (χ4n) is 4.77. The third-order valence-electron chi connectivity index (χ3n) is 6.76. The van der Waals surface area contributed by atoms with Gasteiger partial charge in [0.1, 0.15) is 17.4 Å². The summed E-state index contributed by atoms with van der Waals surface area (Å²) in [5.74, 6) is -5.39. The Morgan fingerprint density at radius 1 is 0.978 bits per heavy atom. The van der Waals surface area contributed by atoms with Gasteiger partial charge in [0, 0.05) is 16.1 Å². The number of halogens is 8. The highest BCUT2D eigenvalue weighted by Gasteiger charge is 2.40. The maximum atomic E-state index is 14.3. The molecule has 2 heterocycles. The highest BCUT2D eigenvalue weighted by Crippen LogP contribution is 2.49. The summed E-state index contributed by atoms with van der Waals surface area (Å²) < 4.78 is 76.5. The van der Waals surface area contributed by atoms with Gasteiger partial charge in [0.25, 0.3) is 17.7 Å². The van der Waals surface area contributed by atoms with Crippen molar-refractivity contribution in [3.63, 3.8) is 0 Å². The van der Waals surface area contributed by atoms with E-state index in [0.29, 0.717) is 12.1 Å². The van der Waals surface area contributed by atoms with Gasteiger partial charge >= 0.3 is 6.18 Å². The number of hydrogen-bond acceptors (Lipinski definition) is 5. The lowest BCUT2D eigenvalue weighted by Gasteiger charge is -2.18. The molecule has 0 saturated heterocycles. The lowest BCUT2D eigenvalue weighted by Crippen LogP contribution is -2.30. The molecule has 4 aromatic carbocycles. The second-order valence-electron chi connectivity index (χ2n) is 9.63. The minimum Gasteiger partial charge on any atom is -0.453 e. The van der Waals surface area contributed by atoms with Crippen LogP contribution in [0.2, 0.25) is 5.02 Å². The van der Waals surface area contributed by atoms with E-state index >= 15 is 0 Å². The number of hydrogen-bond donors (Lipinski definition) is 1. The van der Waals surface area contributed by atoms with Crippen LogP contribution in [0.4, 0.5) is 33.5 Å². The van der Waals surface area contributed by atoms with Crippen LogP contribution in [0, 0.1) is 11.6 Å². The normalized spacial score (nSPS) is 13.3. The predicted octanol–water partition coefficient (Wildman–Crippen LogP) is 9.39. The first kappa shape index (κ1) is 32.3. The molecule has 1 aliphatic rings. The number of carbonyl (C=O) groups is 3. The van der Waals surface area contributed by atoms with Crippen LogP contribution < -0.4 is 15.0 Å². The second-order valence-corrected chi connectivity index (χ2v) is 12.9. The molecular formula is C29H13BrClF5IN4O4P. The van der Waals surface area contributed by atoms with Gasteiger partial charge in [-0.15, -0.1) is 5.10 Å². The van der Waals surface area contributed by atoms with Gasteiger partial charge in [-0.3, -0.25) is 14.4 Å². The number of imide groups is 1. The average Bonchev–Trinajstić information content (AvgIpc) is 3.50. The summed E-state index contributed by atoms with van der Waals surface area (Å²) in [6.45, 7) is 0. The SMILES string of the molecule is O=C(Nc1cc(Br)c2c(c(N3C(=O)c4ccccc4C3=O)nn2PI)c1Oc1cc(F)ccc1Cl)c1cc(F)cc(C(F)(F)F)c1. The smallest absolute Gasteiger partial charge is 0.416 e. The number of alkyl halides is 3. The van der Waals surface area contributed by atoms with E-state index in [1.165, 1.54) is 28.7 Å². The molecule has 0 saturated carbocycles. The number of rotatable bonds is 6. The molecule has 0 aliphatic carbocycles. The van der Waals surface area contributed by atoms with E-state index in [1.54, 1.807) is 12.1 Å². The van der Waals surface area contributed by atoms with E-state index in [2.05, 4.69) is 26.3 Å². The first-order valence-electron chi connectivity index (χ1n) is 12.7. The van der Waals surface area contributed by atoms with Gasteiger partial charge in [-0.05, 0) is 86.5 Å². The van der Waals surface area contributed by atoms with Crippen LogP contribution in [0.15, 0.2) is 71.2 Å². The van der Waals surface area contributed by atoms with E-state index in [1.807, 2.05) is 22.0 Å². The summed E-state index contributed by atoms with van der Waals surface area (Å²) in [5, 5.41) is 6.84. The van der Waals surface area contributed by atoms with Gasteiger partial charge in [-0.1, -0.05) is 23.7 Å². The Balaban J connectivity index is 1.59. The summed E-state index contributed by atoms with van der Waals surface area (Å²) in [4.78, 5) is 41.2. The third-order valence-corrected chi connectivity index (χ3v) is 9.53. The standard InChI is InChI=1S/C29H13BrClF5IN4O4P/c30-18-11-20(38-26(42)12-7-13(29(34,35)36)9-15(33)8-12)24(45-21-10-14(32)5-6-19(21)31)22-23(18)41(46-37)39-25(22)40-27(43)16-3-1-2-4-17(16)28(40)44/h1-11,46H,(H,38,42). The molecule has 6 rings (SSSR count). The zero-order valence-electron chi connectivity index (χ0n) is 22.3. The fourth-order valence-corrected chi connectivity index (χ4v) is 7.19. The summed E-state index contributed by atoms with van der Waals surface area (Å²) in [7, 11) is 0. The Labute approximate surface area is 283 Å². The van der Waals surface area contributed by atoms with Crippen LogP contribution in [0.5, 0.6) is 11.5 Å². The van der Waals surface area contributed by atoms with Crippen molar-refractivity contribution in [3.05, 3.63) is 110 Å². The van der Waals surface area contributed by atoms with Gasteiger partial charge in [0.15, 0.2) is 11.6 Å². The molecule has 17 heteroatoms.